The molecule has 0 spiro atoms. The first kappa shape index (κ1) is 14.0. The van der Waals surface area contributed by atoms with E-state index in [0.717, 1.165) is 32.5 Å². The van der Waals surface area contributed by atoms with Crippen molar-refractivity contribution in [1.29, 1.82) is 0 Å². The van der Waals surface area contributed by atoms with Crippen LogP contribution >= 0.6 is 0 Å². The molecule has 1 saturated heterocycles. The van der Waals surface area contributed by atoms with Crippen LogP contribution in [0.25, 0.3) is 0 Å². The second-order valence-electron chi connectivity index (χ2n) is 4.65. The molecule has 0 bridgehead atoms. The lowest BCUT2D eigenvalue weighted by Crippen LogP contribution is -2.37. The molecule has 0 saturated carbocycles. The molecule has 0 radical (unpaired) electrons. The zero-order chi connectivity index (χ0) is 12.7. The van der Waals surface area contributed by atoms with Crippen LogP contribution in [0, 0.1) is 17.8 Å². The van der Waals surface area contributed by atoms with Gasteiger partial charge in [-0.1, -0.05) is 11.8 Å². The number of carbonyl (C=O) groups is 1. The number of nitrogens with zero attached hydrogens (tertiary/aromatic N) is 2. The topological polar surface area (TPSA) is 43.8 Å². The molecule has 4 nitrogen and oxygen atoms in total. The summed E-state index contributed by atoms with van der Waals surface area (Å²) in [6.07, 6.45) is 2.26. The summed E-state index contributed by atoms with van der Waals surface area (Å²) in [5.41, 5.74) is 0. The number of aliphatic hydroxyl groups excluding tert-OH is 1. The molecule has 0 unspecified atom stereocenters. The predicted molar refractivity (Wildman–Crippen MR) is 67.3 cm³/mol. The lowest BCUT2D eigenvalue weighted by Gasteiger charge is -2.30. The second kappa shape index (κ2) is 7.31. The van der Waals surface area contributed by atoms with Crippen molar-refractivity contribution in [2.75, 3.05) is 39.8 Å². The molecule has 1 aliphatic heterocycles. The van der Waals surface area contributed by atoms with Gasteiger partial charge in [0.2, 0.25) is 5.91 Å². The van der Waals surface area contributed by atoms with Gasteiger partial charge in [0.1, 0.15) is 0 Å². The van der Waals surface area contributed by atoms with E-state index >= 15 is 0 Å². The van der Waals surface area contributed by atoms with Crippen LogP contribution in [0.15, 0.2) is 0 Å². The molecule has 0 aromatic carbocycles. The molecule has 0 aromatic heterocycles. The zero-order valence-corrected chi connectivity index (χ0v) is 10.8. The monoisotopic (exact) mass is 238 g/mol. The van der Waals surface area contributed by atoms with Crippen LogP contribution in [-0.2, 0) is 4.79 Å². The van der Waals surface area contributed by atoms with Gasteiger partial charge in [-0.2, -0.15) is 0 Å². The van der Waals surface area contributed by atoms with Crippen LogP contribution in [0.2, 0.25) is 0 Å². The largest absolute Gasteiger partial charge is 0.396 e. The first-order valence-corrected chi connectivity index (χ1v) is 6.14. The van der Waals surface area contributed by atoms with E-state index in [9.17, 15) is 4.79 Å². The van der Waals surface area contributed by atoms with Crippen LogP contribution in [-0.4, -0.2) is 60.6 Å². The summed E-state index contributed by atoms with van der Waals surface area (Å²) in [6, 6.07) is 0. The number of aliphatic hydroxyl groups is 1. The minimum atomic E-state index is 0.0395. The molecule has 1 atom stereocenters. The molecule has 1 heterocycles. The van der Waals surface area contributed by atoms with Crippen molar-refractivity contribution in [1.82, 2.24) is 9.80 Å². The average Bonchev–Trinajstić information content (AvgIpc) is 2.34. The minimum absolute atomic E-state index is 0.0395. The molecule has 17 heavy (non-hydrogen) atoms. The van der Waals surface area contributed by atoms with Gasteiger partial charge in [0.15, 0.2) is 0 Å². The third kappa shape index (κ3) is 5.20. The first-order valence-electron chi connectivity index (χ1n) is 6.14. The zero-order valence-electron chi connectivity index (χ0n) is 10.8. The Bertz CT molecular complexity index is 306. The number of piperidine rings is 1. The first-order chi connectivity index (χ1) is 8.13. The molecule has 1 N–H and O–H groups in total. The summed E-state index contributed by atoms with van der Waals surface area (Å²) in [5.74, 6) is 6.53. The highest BCUT2D eigenvalue weighted by Gasteiger charge is 2.17. The Labute approximate surface area is 104 Å². The quantitative estimate of drug-likeness (QED) is 0.713. The minimum Gasteiger partial charge on any atom is -0.396 e. The maximum Gasteiger partial charge on any atom is 0.219 e. The Hall–Kier alpha value is -1.05. The maximum atomic E-state index is 10.9. The van der Waals surface area contributed by atoms with Crippen molar-refractivity contribution < 1.29 is 9.90 Å². The summed E-state index contributed by atoms with van der Waals surface area (Å²) in [5, 5.41) is 9.11. The van der Waals surface area contributed by atoms with Gasteiger partial charge in [-0.25, -0.2) is 0 Å². The van der Waals surface area contributed by atoms with E-state index in [1.807, 2.05) is 0 Å². The van der Waals surface area contributed by atoms with Gasteiger partial charge in [-0.05, 0) is 25.3 Å². The van der Waals surface area contributed by atoms with Crippen molar-refractivity contribution in [3.05, 3.63) is 0 Å². The van der Waals surface area contributed by atoms with Gasteiger partial charge in [-0.15, -0.1) is 0 Å². The van der Waals surface area contributed by atoms with Gasteiger partial charge in [0.25, 0.3) is 0 Å². The molecule has 4 heteroatoms. The third-order valence-electron chi connectivity index (χ3n) is 3.14. The predicted octanol–water partition coefficient (Wildman–Crippen LogP) is 0.172. The van der Waals surface area contributed by atoms with E-state index in [1.165, 1.54) is 6.92 Å². The number of amides is 1. The van der Waals surface area contributed by atoms with Crippen LogP contribution in [0.5, 0.6) is 0 Å². The van der Waals surface area contributed by atoms with Crippen molar-refractivity contribution in [2.45, 2.75) is 19.8 Å². The van der Waals surface area contributed by atoms with Gasteiger partial charge in [0, 0.05) is 27.1 Å². The molecule has 1 fully saturated rings. The molecular weight excluding hydrogens is 216 g/mol. The smallest absolute Gasteiger partial charge is 0.219 e. The van der Waals surface area contributed by atoms with E-state index in [0.29, 0.717) is 12.5 Å². The molecule has 1 aliphatic rings. The number of rotatable bonds is 3. The lowest BCUT2D eigenvalue weighted by atomic mass is 9.99. The molecule has 96 valence electrons. The second-order valence-corrected chi connectivity index (χ2v) is 4.65. The molecule has 0 aromatic rings. The van der Waals surface area contributed by atoms with E-state index in [1.54, 1.807) is 11.9 Å². The Balaban J connectivity index is 2.26. The molecular formula is C13H22N2O2. The summed E-state index contributed by atoms with van der Waals surface area (Å²) < 4.78 is 0. The number of hydrogen-bond acceptors (Lipinski definition) is 3. The Morgan fingerprint density at radius 2 is 2.29 bits per heavy atom. The number of hydrogen-bond donors (Lipinski definition) is 1. The average molecular weight is 238 g/mol. The molecule has 1 rings (SSSR count). The van der Waals surface area contributed by atoms with Gasteiger partial charge >= 0.3 is 0 Å². The van der Waals surface area contributed by atoms with E-state index in [-0.39, 0.29) is 12.5 Å². The van der Waals surface area contributed by atoms with Crippen LogP contribution < -0.4 is 0 Å². The Morgan fingerprint density at radius 1 is 1.53 bits per heavy atom. The summed E-state index contributed by atoms with van der Waals surface area (Å²) >= 11 is 0. The van der Waals surface area contributed by atoms with Crippen LogP contribution in [0.4, 0.5) is 0 Å². The summed E-state index contributed by atoms with van der Waals surface area (Å²) in [7, 11) is 1.75. The molecule has 0 aliphatic carbocycles. The highest BCUT2D eigenvalue weighted by atomic mass is 16.3. The van der Waals surface area contributed by atoms with E-state index in [2.05, 4.69) is 16.7 Å². The lowest BCUT2D eigenvalue weighted by molar-refractivity contribution is -0.126. The van der Waals surface area contributed by atoms with Gasteiger partial charge in [-0.3, -0.25) is 9.69 Å². The van der Waals surface area contributed by atoms with Crippen molar-refractivity contribution in [3.63, 3.8) is 0 Å². The van der Waals surface area contributed by atoms with Crippen molar-refractivity contribution in [3.8, 4) is 11.8 Å². The van der Waals surface area contributed by atoms with Crippen molar-refractivity contribution in [2.24, 2.45) is 5.92 Å². The Morgan fingerprint density at radius 3 is 2.94 bits per heavy atom. The third-order valence-corrected chi connectivity index (χ3v) is 3.14. The van der Waals surface area contributed by atoms with Crippen LogP contribution in [0.1, 0.15) is 19.8 Å². The normalized spacial score (nSPS) is 20.5. The summed E-state index contributed by atoms with van der Waals surface area (Å²) in [4.78, 5) is 14.8. The fourth-order valence-corrected chi connectivity index (χ4v) is 1.90. The van der Waals surface area contributed by atoms with Gasteiger partial charge < -0.3 is 10.0 Å². The van der Waals surface area contributed by atoms with E-state index < -0.39 is 0 Å². The standard InChI is InChI=1S/C13H22N2O2/c1-12(17)14(2)7-3-4-8-15-9-5-6-13(10-15)11-16/h13,16H,5-11H2,1-2H3/t13-/m0/s1. The number of likely N-dealkylation sites (tertiary alicyclic amines) is 1. The van der Waals surface area contributed by atoms with Crippen LogP contribution in [0.3, 0.4) is 0 Å². The van der Waals surface area contributed by atoms with Crippen molar-refractivity contribution >= 4 is 5.91 Å². The fraction of sp³-hybridized carbons (Fsp3) is 0.769. The molecule has 1 amide bonds. The highest BCUT2D eigenvalue weighted by Crippen LogP contribution is 2.14. The van der Waals surface area contributed by atoms with E-state index in [4.69, 9.17) is 5.11 Å². The number of carbonyl (C=O) groups excluding carboxylic acids is 1. The Kier molecular flexibility index (Phi) is 6.03. The highest BCUT2D eigenvalue weighted by molar-refractivity contribution is 5.73. The maximum absolute atomic E-state index is 10.9. The fourth-order valence-electron chi connectivity index (χ4n) is 1.90. The van der Waals surface area contributed by atoms with Gasteiger partial charge in [0.05, 0.1) is 13.1 Å². The SMILES string of the molecule is CC(=O)N(C)CC#CCN1CCC[C@H](CO)C1. The summed E-state index contributed by atoms with van der Waals surface area (Å²) in [6.45, 7) is 5.05.